The van der Waals surface area contributed by atoms with Gasteiger partial charge in [-0.25, -0.2) is 9.97 Å². The number of nitrogens with zero attached hydrogens (tertiary/aromatic N) is 4. The summed E-state index contributed by atoms with van der Waals surface area (Å²) < 4.78 is 2.06. The monoisotopic (exact) mass is 273 g/mol. The molecule has 2 aromatic heterocycles. The average molecular weight is 273 g/mol. The fourth-order valence-electron chi connectivity index (χ4n) is 3.06. The van der Waals surface area contributed by atoms with E-state index in [4.69, 9.17) is 4.98 Å². The number of aromatic nitrogens is 3. The van der Waals surface area contributed by atoms with Crippen LogP contribution in [0, 0.1) is 0 Å². The Labute approximate surface area is 120 Å². The molecule has 108 valence electrons. The standard InChI is InChI=1S/C15H23N5/c1-3-16-13-11-20-10-9-17-14(20)15(18-13)19(2)12-7-5-4-6-8-12/h9-12,16H,3-8H2,1-2H3. The molecule has 0 spiro atoms. The molecule has 1 aliphatic carbocycles. The summed E-state index contributed by atoms with van der Waals surface area (Å²) in [6.45, 7) is 2.96. The molecule has 5 nitrogen and oxygen atoms in total. The van der Waals surface area contributed by atoms with Crippen molar-refractivity contribution in [2.45, 2.75) is 45.1 Å². The van der Waals surface area contributed by atoms with Gasteiger partial charge in [0.1, 0.15) is 5.82 Å². The van der Waals surface area contributed by atoms with Gasteiger partial charge in [-0.3, -0.25) is 0 Å². The van der Waals surface area contributed by atoms with Gasteiger partial charge in [0.05, 0.1) is 6.20 Å². The van der Waals surface area contributed by atoms with Crippen molar-refractivity contribution in [1.82, 2.24) is 14.4 Å². The Morgan fingerprint density at radius 1 is 1.35 bits per heavy atom. The van der Waals surface area contributed by atoms with Gasteiger partial charge in [-0.1, -0.05) is 19.3 Å². The van der Waals surface area contributed by atoms with Gasteiger partial charge in [-0.15, -0.1) is 0 Å². The van der Waals surface area contributed by atoms with Crippen LogP contribution in [0.25, 0.3) is 5.65 Å². The maximum Gasteiger partial charge on any atom is 0.180 e. The number of anilines is 2. The molecule has 0 atom stereocenters. The van der Waals surface area contributed by atoms with Crippen LogP contribution in [0.1, 0.15) is 39.0 Å². The van der Waals surface area contributed by atoms with E-state index in [9.17, 15) is 0 Å². The lowest BCUT2D eigenvalue weighted by Crippen LogP contribution is -2.34. The lowest BCUT2D eigenvalue weighted by atomic mass is 9.94. The number of hydrogen-bond donors (Lipinski definition) is 1. The highest BCUT2D eigenvalue weighted by Gasteiger charge is 2.22. The van der Waals surface area contributed by atoms with Crippen molar-refractivity contribution in [1.29, 1.82) is 0 Å². The molecule has 0 unspecified atom stereocenters. The van der Waals surface area contributed by atoms with E-state index in [1.165, 1.54) is 32.1 Å². The second-order valence-corrected chi connectivity index (χ2v) is 5.54. The number of rotatable bonds is 4. The molecule has 0 aliphatic heterocycles. The second-order valence-electron chi connectivity index (χ2n) is 5.54. The summed E-state index contributed by atoms with van der Waals surface area (Å²) in [5.74, 6) is 1.90. The van der Waals surface area contributed by atoms with Gasteiger partial charge < -0.3 is 14.6 Å². The summed E-state index contributed by atoms with van der Waals surface area (Å²) in [4.78, 5) is 11.6. The van der Waals surface area contributed by atoms with E-state index in [1.807, 2.05) is 18.6 Å². The van der Waals surface area contributed by atoms with Crippen molar-refractivity contribution in [3.63, 3.8) is 0 Å². The minimum absolute atomic E-state index is 0.591. The predicted molar refractivity (Wildman–Crippen MR) is 82.4 cm³/mol. The van der Waals surface area contributed by atoms with Crippen LogP contribution in [0.4, 0.5) is 11.6 Å². The Morgan fingerprint density at radius 2 is 2.15 bits per heavy atom. The first kappa shape index (κ1) is 13.2. The maximum absolute atomic E-state index is 4.77. The number of imidazole rings is 1. The minimum atomic E-state index is 0.591. The van der Waals surface area contributed by atoms with E-state index in [2.05, 4.69) is 33.6 Å². The van der Waals surface area contributed by atoms with Crippen LogP contribution < -0.4 is 10.2 Å². The lowest BCUT2D eigenvalue weighted by Gasteiger charge is -2.32. The fraction of sp³-hybridized carbons (Fsp3) is 0.600. The van der Waals surface area contributed by atoms with E-state index < -0.39 is 0 Å². The van der Waals surface area contributed by atoms with E-state index >= 15 is 0 Å². The third-order valence-corrected chi connectivity index (χ3v) is 4.17. The molecule has 0 amide bonds. The minimum Gasteiger partial charge on any atom is -0.369 e. The van der Waals surface area contributed by atoms with E-state index in [0.717, 1.165) is 23.8 Å². The van der Waals surface area contributed by atoms with Gasteiger partial charge in [0.15, 0.2) is 11.5 Å². The normalized spacial score (nSPS) is 16.5. The zero-order valence-electron chi connectivity index (χ0n) is 12.3. The van der Waals surface area contributed by atoms with Gasteiger partial charge in [0.2, 0.25) is 0 Å². The van der Waals surface area contributed by atoms with Gasteiger partial charge in [0, 0.05) is 32.0 Å². The van der Waals surface area contributed by atoms with Crippen LogP contribution in [0.15, 0.2) is 18.6 Å². The summed E-state index contributed by atoms with van der Waals surface area (Å²) in [6, 6.07) is 0.591. The Morgan fingerprint density at radius 3 is 2.90 bits per heavy atom. The third-order valence-electron chi connectivity index (χ3n) is 4.17. The van der Waals surface area contributed by atoms with Crippen molar-refractivity contribution in [2.75, 3.05) is 23.8 Å². The molecule has 0 bridgehead atoms. The topological polar surface area (TPSA) is 45.5 Å². The fourth-order valence-corrected chi connectivity index (χ4v) is 3.06. The SMILES string of the molecule is CCNc1cn2ccnc2c(N(C)C2CCCCC2)n1. The number of hydrogen-bond acceptors (Lipinski definition) is 4. The number of nitrogens with one attached hydrogen (secondary N) is 1. The summed E-state index contributed by atoms with van der Waals surface area (Å²) in [5, 5.41) is 3.30. The van der Waals surface area contributed by atoms with Crippen molar-refractivity contribution >= 4 is 17.3 Å². The molecule has 1 saturated carbocycles. The highest BCUT2D eigenvalue weighted by molar-refractivity contribution is 5.67. The molecule has 1 fully saturated rings. The zero-order chi connectivity index (χ0) is 13.9. The smallest absolute Gasteiger partial charge is 0.180 e. The third kappa shape index (κ3) is 2.44. The first-order valence-electron chi connectivity index (χ1n) is 7.60. The first-order chi connectivity index (χ1) is 9.79. The average Bonchev–Trinajstić information content (AvgIpc) is 2.95. The molecule has 3 rings (SSSR count). The molecule has 20 heavy (non-hydrogen) atoms. The molecule has 1 N–H and O–H groups in total. The highest BCUT2D eigenvalue weighted by atomic mass is 15.2. The van der Waals surface area contributed by atoms with Gasteiger partial charge in [0.25, 0.3) is 0 Å². The molecule has 5 heteroatoms. The largest absolute Gasteiger partial charge is 0.369 e. The highest BCUT2D eigenvalue weighted by Crippen LogP contribution is 2.28. The van der Waals surface area contributed by atoms with Crippen molar-refractivity contribution < 1.29 is 0 Å². The summed E-state index contributed by atoms with van der Waals surface area (Å²) in [6.07, 6.45) is 12.4. The second kappa shape index (κ2) is 5.69. The maximum atomic E-state index is 4.77. The van der Waals surface area contributed by atoms with Gasteiger partial charge in [-0.05, 0) is 19.8 Å². The molecule has 0 aromatic carbocycles. The Kier molecular flexibility index (Phi) is 3.76. The molecule has 2 heterocycles. The summed E-state index contributed by atoms with van der Waals surface area (Å²) in [7, 11) is 2.16. The molecule has 2 aromatic rings. The van der Waals surface area contributed by atoms with Crippen LogP contribution in [0.2, 0.25) is 0 Å². The van der Waals surface area contributed by atoms with Gasteiger partial charge in [-0.2, -0.15) is 0 Å². The zero-order valence-corrected chi connectivity index (χ0v) is 12.3. The van der Waals surface area contributed by atoms with Crippen LogP contribution >= 0.6 is 0 Å². The van der Waals surface area contributed by atoms with E-state index in [-0.39, 0.29) is 0 Å². The van der Waals surface area contributed by atoms with Gasteiger partial charge >= 0.3 is 0 Å². The lowest BCUT2D eigenvalue weighted by molar-refractivity contribution is 0.426. The summed E-state index contributed by atoms with van der Waals surface area (Å²) >= 11 is 0. The Hall–Kier alpha value is -1.78. The summed E-state index contributed by atoms with van der Waals surface area (Å²) in [5.41, 5.74) is 0.944. The van der Waals surface area contributed by atoms with Crippen molar-refractivity contribution in [3.8, 4) is 0 Å². The molecule has 1 aliphatic rings. The predicted octanol–water partition coefficient (Wildman–Crippen LogP) is 2.93. The quantitative estimate of drug-likeness (QED) is 0.930. The van der Waals surface area contributed by atoms with Crippen LogP contribution in [0.5, 0.6) is 0 Å². The molecule has 0 saturated heterocycles. The Bertz CT molecular complexity index is 571. The van der Waals surface area contributed by atoms with E-state index in [1.54, 1.807) is 0 Å². The van der Waals surface area contributed by atoms with Crippen molar-refractivity contribution in [3.05, 3.63) is 18.6 Å². The Balaban J connectivity index is 1.97. The number of fused-ring (bicyclic) bond motifs is 1. The van der Waals surface area contributed by atoms with Crippen LogP contribution in [0.3, 0.4) is 0 Å². The molecule has 0 radical (unpaired) electrons. The van der Waals surface area contributed by atoms with E-state index in [0.29, 0.717) is 6.04 Å². The molecular weight excluding hydrogens is 250 g/mol. The van der Waals surface area contributed by atoms with Crippen molar-refractivity contribution in [2.24, 2.45) is 0 Å². The van der Waals surface area contributed by atoms with Crippen LogP contribution in [-0.4, -0.2) is 34.0 Å². The van der Waals surface area contributed by atoms with Crippen LogP contribution in [-0.2, 0) is 0 Å². The molecular formula is C15H23N5. The first-order valence-corrected chi connectivity index (χ1v) is 7.60.